The molecule has 0 spiro atoms. The molecule has 0 aliphatic carbocycles. The molecule has 1 heterocycles. The third-order valence-electron chi connectivity index (χ3n) is 2.78. The SMILES string of the molecule is CC(C)C1N=C(CCCNC(=O)OC(C)(C)C)NNC1=O. The molecule has 7 heteroatoms. The summed E-state index contributed by atoms with van der Waals surface area (Å²) in [5, 5.41) is 2.69. The van der Waals surface area contributed by atoms with E-state index in [4.69, 9.17) is 4.74 Å². The van der Waals surface area contributed by atoms with Gasteiger partial charge in [0, 0.05) is 13.0 Å². The van der Waals surface area contributed by atoms with Crippen LogP contribution in [0.1, 0.15) is 47.5 Å². The summed E-state index contributed by atoms with van der Waals surface area (Å²) in [4.78, 5) is 27.4. The lowest BCUT2D eigenvalue weighted by Crippen LogP contribution is -2.52. The summed E-state index contributed by atoms with van der Waals surface area (Å²) in [5.74, 6) is 0.780. The quantitative estimate of drug-likeness (QED) is 0.668. The Bertz CT molecular complexity index is 413. The summed E-state index contributed by atoms with van der Waals surface area (Å²) in [7, 11) is 0. The first-order chi connectivity index (χ1) is 9.69. The average Bonchev–Trinajstić information content (AvgIpc) is 2.34. The smallest absolute Gasteiger partial charge is 0.407 e. The van der Waals surface area contributed by atoms with Crippen molar-refractivity contribution in [2.45, 2.75) is 59.1 Å². The van der Waals surface area contributed by atoms with Gasteiger partial charge in [0.25, 0.3) is 5.91 Å². The fourth-order valence-corrected chi connectivity index (χ4v) is 1.81. The molecule has 21 heavy (non-hydrogen) atoms. The van der Waals surface area contributed by atoms with E-state index in [9.17, 15) is 9.59 Å². The van der Waals surface area contributed by atoms with Gasteiger partial charge in [-0.15, -0.1) is 0 Å². The molecular formula is C14H26N4O3. The van der Waals surface area contributed by atoms with Crippen LogP contribution < -0.4 is 16.2 Å². The standard InChI is InChI=1S/C14H26N4O3/c1-9(2)11-12(19)18-17-10(16-11)7-6-8-15-13(20)21-14(3,4)5/h9,11H,6-8H2,1-5H3,(H,15,20)(H,16,17)(H,18,19). The number of nitrogens with one attached hydrogen (secondary N) is 3. The van der Waals surface area contributed by atoms with Crippen LogP contribution in [-0.4, -0.2) is 36.0 Å². The minimum Gasteiger partial charge on any atom is -0.444 e. The zero-order chi connectivity index (χ0) is 16.0. The van der Waals surface area contributed by atoms with E-state index in [0.717, 1.165) is 5.84 Å². The fraction of sp³-hybridized carbons (Fsp3) is 0.786. The number of nitrogens with zero attached hydrogens (tertiary/aromatic N) is 1. The molecule has 0 saturated heterocycles. The van der Waals surface area contributed by atoms with E-state index < -0.39 is 11.7 Å². The van der Waals surface area contributed by atoms with E-state index in [2.05, 4.69) is 21.2 Å². The second kappa shape index (κ2) is 7.28. The highest BCUT2D eigenvalue weighted by molar-refractivity contribution is 5.93. The number of carbonyl (C=O) groups is 2. The second-order valence-corrected chi connectivity index (χ2v) is 6.41. The summed E-state index contributed by atoms with van der Waals surface area (Å²) in [5.41, 5.74) is 4.91. The van der Waals surface area contributed by atoms with E-state index in [1.807, 2.05) is 34.6 Å². The number of hydrogen-bond acceptors (Lipinski definition) is 5. The maximum absolute atomic E-state index is 11.6. The van der Waals surface area contributed by atoms with Crippen molar-refractivity contribution in [3.05, 3.63) is 0 Å². The molecule has 7 nitrogen and oxygen atoms in total. The van der Waals surface area contributed by atoms with Crippen LogP contribution in [0.15, 0.2) is 4.99 Å². The number of hydrogen-bond donors (Lipinski definition) is 3. The summed E-state index contributed by atoms with van der Waals surface area (Å²) in [6, 6.07) is -0.347. The maximum atomic E-state index is 11.6. The van der Waals surface area contributed by atoms with Crippen LogP contribution in [0.5, 0.6) is 0 Å². The van der Waals surface area contributed by atoms with Crippen LogP contribution in [0.25, 0.3) is 0 Å². The Morgan fingerprint density at radius 3 is 2.62 bits per heavy atom. The van der Waals surface area contributed by atoms with Gasteiger partial charge in [-0.1, -0.05) is 13.8 Å². The van der Waals surface area contributed by atoms with Crippen LogP contribution in [-0.2, 0) is 9.53 Å². The van der Waals surface area contributed by atoms with Crippen molar-refractivity contribution in [1.29, 1.82) is 0 Å². The Hall–Kier alpha value is -1.79. The molecule has 0 fully saturated rings. The van der Waals surface area contributed by atoms with Crippen LogP contribution in [0.3, 0.4) is 0 Å². The highest BCUT2D eigenvalue weighted by Crippen LogP contribution is 2.10. The van der Waals surface area contributed by atoms with Crippen molar-refractivity contribution < 1.29 is 14.3 Å². The number of carbonyl (C=O) groups excluding carboxylic acids is 2. The molecule has 0 saturated carbocycles. The van der Waals surface area contributed by atoms with Gasteiger partial charge in [0.2, 0.25) is 0 Å². The third-order valence-corrected chi connectivity index (χ3v) is 2.78. The summed E-state index contributed by atoms with van der Waals surface area (Å²) in [6.07, 6.45) is 0.944. The fourth-order valence-electron chi connectivity index (χ4n) is 1.81. The minimum atomic E-state index is -0.492. The second-order valence-electron chi connectivity index (χ2n) is 6.41. The molecule has 0 bridgehead atoms. The largest absolute Gasteiger partial charge is 0.444 e. The van der Waals surface area contributed by atoms with Crippen molar-refractivity contribution in [3.63, 3.8) is 0 Å². The molecule has 0 aromatic carbocycles. The van der Waals surface area contributed by atoms with Gasteiger partial charge in [-0.05, 0) is 33.1 Å². The minimum absolute atomic E-state index is 0.111. The van der Waals surface area contributed by atoms with Crippen molar-refractivity contribution in [2.24, 2.45) is 10.9 Å². The van der Waals surface area contributed by atoms with Crippen LogP contribution in [0.2, 0.25) is 0 Å². The van der Waals surface area contributed by atoms with Crippen LogP contribution in [0.4, 0.5) is 4.79 Å². The lowest BCUT2D eigenvalue weighted by atomic mass is 10.0. The van der Waals surface area contributed by atoms with E-state index >= 15 is 0 Å². The van der Waals surface area contributed by atoms with Crippen molar-refractivity contribution in [2.75, 3.05) is 6.54 Å². The van der Waals surface area contributed by atoms with Gasteiger partial charge >= 0.3 is 6.09 Å². The number of ether oxygens (including phenoxy) is 1. The maximum Gasteiger partial charge on any atom is 0.407 e. The molecule has 1 aliphatic heterocycles. The Balaban J connectivity index is 2.31. The molecule has 0 radical (unpaired) electrons. The number of alkyl carbamates (subject to hydrolysis) is 1. The zero-order valence-electron chi connectivity index (χ0n) is 13.4. The first kappa shape index (κ1) is 17.3. The normalized spacial score (nSPS) is 18.7. The molecule has 2 amide bonds. The Morgan fingerprint density at radius 1 is 1.38 bits per heavy atom. The lowest BCUT2D eigenvalue weighted by molar-refractivity contribution is -0.124. The van der Waals surface area contributed by atoms with Crippen molar-refractivity contribution in [3.8, 4) is 0 Å². The molecule has 1 unspecified atom stereocenters. The zero-order valence-corrected chi connectivity index (χ0v) is 13.4. The predicted molar refractivity (Wildman–Crippen MR) is 80.8 cm³/mol. The van der Waals surface area contributed by atoms with E-state index in [-0.39, 0.29) is 17.9 Å². The first-order valence-corrected chi connectivity index (χ1v) is 7.28. The van der Waals surface area contributed by atoms with Gasteiger partial charge < -0.3 is 10.1 Å². The predicted octanol–water partition coefficient (Wildman–Crippen LogP) is 1.35. The van der Waals surface area contributed by atoms with Gasteiger partial charge in [0.15, 0.2) is 0 Å². The van der Waals surface area contributed by atoms with E-state index in [0.29, 0.717) is 19.4 Å². The molecule has 3 N–H and O–H groups in total. The highest BCUT2D eigenvalue weighted by Gasteiger charge is 2.25. The van der Waals surface area contributed by atoms with Gasteiger partial charge in [0.05, 0.1) is 0 Å². The van der Waals surface area contributed by atoms with E-state index in [1.54, 1.807) is 0 Å². The van der Waals surface area contributed by atoms with E-state index in [1.165, 1.54) is 0 Å². The summed E-state index contributed by atoms with van der Waals surface area (Å²) in [6.45, 7) is 9.88. The Morgan fingerprint density at radius 2 is 2.05 bits per heavy atom. The topological polar surface area (TPSA) is 91.8 Å². The highest BCUT2D eigenvalue weighted by atomic mass is 16.6. The number of amidine groups is 1. The Labute approximate surface area is 125 Å². The monoisotopic (exact) mass is 298 g/mol. The molecule has 120 valence electrons. The number of rotatable bonds is 5. The van der Waals surface area contributed by atoms with Gasteiger partial charge in [0.1, 0.15) is 17.5 Å². The molecule has 0 aromatic rings. The first-order valence-electron chi connectivity index (χ1n) is 7.28. The number of hydrazine groups is 1. The Kier molecular flexibility index (Phi) is 5.99. The average molecular weight is 298 g/mol. The molecular weight excluding hydrogens is 272 g/mol. The van der Waals surface area contributed by atoms with Crippen LogP contribution in [0, 0.1) is 5.92 Å². The molecule has 1 atom stereocenters. The lowest BCUT2D eigenvalue weighted by Gasteiger charge is -2.24. The summed E-state index contributed by atoms with van der Waals surface area (Å²) < 4.78 is 5.14. The molecule has 1 aliphatic rings. The van der Waals surface area contributed by atoms with Crippen molar-refractivity contribution in [1.82, 2.24) is 16.2 Å². The van der Waals surface area contributed by atoms with Crippen molar-refractivity contribution >= 4 is 17.8 Å². The van der Waals surface area contributed by atoms with Gasteiger partial charge in [-0.25, -0.2) is 4.79 Å². The number of aliphatic imine (C=N–C) groups is 1. The summed E-state index contributed by atoms with van der Waals surface area (Å²) >= 11 is 0. The van der Waals surface area contributed by atoms with Gasteiger partial charge in [-0.3, -0.25) is 20.6 Å². The van der Waals surface area contributed by atoms with Gasteiger partial charge in [-0.2, -0.15) is 0 Å². The number of amides is 2. The molecule has 0 aromatic heterocycles. The molecule has 1 rings (SSSR count). The van der Waals surface area contributed by atoms with Crippen LogP contribution >= 0.6 is 0 Å². The third kappa shape index (κ3) is 6.46.